The average molecular weight is 220 g/mol. The van der Waals surface area contributed by atoms with E-state index >= 15 is 0 Å². The van der Waals surface area contributed by atoms with Gasteiger partial charge in [0.2, 0.25) is 0 Å². The Morgan fingerprint density at radius 3 is 2.50 bits per heavy atom. The fraction of sp³-hybridized carbons (Fsp3) is 0.417. The highest BCUT2D eigenvalue weighted by molar-refractivity contribution is 5.79. The molecule has 0 radical (unpaired) electrons. The van der Waals surface area contributed by atoms with Crippen molar-refractivity contribution in [3.63, 3.8) is 0 Å². The zero-order valence-electron chi connectivity index (χ0n) is 9.83. The molecule has 0 aliphatic rings. The van der Waals surface area contributed by atoms with Crippen molar-refractivity contribution in [2.24, 2.45) is 0 Å². The zero-order chi connectivity index (χ0) is 11.5. The van der Waals surface area contributed by atoms with Gasteiger partial charge in [0.25, 0.3) is 0 Å². The predicted molar refractivity (Wildman–Crippen MR) is 63.2 cm³/mol. The van der Waals surface area contributed by atoms with Gasteiger partial charge < -0.3 is 14.5 Å². The number of hydrogen-bond acceptors (Lipinski definition) is 3. The number of imidazole rings is 1. The van der Waals surface area contributed by atoms with Crippen LogP contribution in [-0.2, 0) is 6.42 Å². The SMILES string of the molecule is CCCc1nc2cc(OC)c(OC)cc2[nH]1. The van der Waals surface area contributed by atoms with E-state index in [1.165, 1.54) is 0 Å². The molecule has 1 heterocycles. The maximum Gasteiger partial charge on any atom is 0.163 e. The van der Waals surface area contributed by atoms with Crippen LogP contribution < -0.4 is 9.47 Å². The van der Waals surface area contributed by atoms with Crippen LogP contribution in [-0.4, -0.2) is 24.2 Å². The van der Waals surface area contributed by atoms with Gasteiger partial charge in [-0.2, -0.15) is 0 Å². The first-order chi connectivity index (χ1) is 7.78. The lowest BCUT2D eigenvalue weighted by Crippen LogP contribution is -1.89. The smallest absolute Gasteiger partial charge is 0.163 e. The third kappa shape index (κ3) is 1.83. The Hall–Kier alpha value is -1.71. The summed E-state index contributed by atoms with van der Waals surface area (Å²) < 4.78 is 10.5. The molecule has 0 atom stereocenters. The molecule has 0 aliphatic carbocycles. The topological polar surface area (TPSA) is 47.1 Å². The van der Waals surface area contributed by atoms with Crippen molar-refractivity contribution < 1.29 is 9.47 Å². The first-order valence-corrected chi connectivity index (χ1v) is 5.39. The summed E-state index contributed by atoms with van der Waals surface area (Å²) in [6, 6.07) is 3.81. The van der Waals surface area contributed by atoms with Gasteiger partial charge in [-0.15, -0.1) is 0 Å². The van der Waals surface area contributed by atoms with E-state index in [2.05, 4.69) is 16.9 Å². The van der Waals surface area contributed by atoms with Gasteiger partial charge in [-0.05, 0) is 6.42 Å². The summed E-state index contributed by atoms with van der Waals surface area (Å²) in [7, 11) is 3.26. The summed E-state index contributed by atoms with van der Waals surface area (Å²) in [5.41, 5.74) is 1.90. The molecule has 16 heavy (non-hydrogen) atoms. The van der Waals surface area contributed by atoms with Gasteiger partial charge in [0.1, 0.15) is 5.82 Å². The van der Waals surface area contributed by atoms with Crippen LogP contribution in [0, 0.1) is 0 Å². The number of aryl methyl sites for hydroxylation is 1. The second-order valence-electron chi connectivity index (χ2n) is 3.66. The van der Waals surface area contributed by atoms with Gasteiger partial charge >= 0.3 is 0 Å². The third-order valence-electron chi connectivity index (χ3n) is 2.52. The number of methoxy groups -OCH3 is 2. The van der Waals surface area contributed by atoms with Crippen LogP contribution >= 0.6 is 0 Å². The summed E-state index contributed by atoms with van der Waals surface area (Å²) in [4.78, 5) is 7.77. The van der Waals surface area contributed by atoms with E-state index in [4.69, 9.17) is 9.47 Å². The van der Waals surface area contributed by atoms with Crippen molar-refractivity contribution in [2.45, 2.75) is 19.8 Å². The molecule has 0 bridgehead atoms. The number of rotatable bonds is 4. The van der Waals surface area contributed by atoms with Gasteiger partial charge in [0.05, 0.1) is 25.3 Å². The number of benzene rings is 1. The van der Waals surface area contributed by atoms with E-state index in [1.807, 2.05) is 12.1 Å². The maximum atomic E-state index is 5.24. The fourth-order valence-electron chi connectivity index (χ4n) is 1.74. The highest BCUT2D eigenvalue weighted by atomic mass is 16.5. The second-order valence-corrected chi connectivity index (χ2v) is 3.66. The number of nitrogens with one attached hydrogen (secondary N) is 1. The van der Waals surface area contributed by atoms with Gasteiger partial charge in [0, 0.05) is 18.6 Å². The van der Waals surface area contributed by atoms with Crippen LogP contribution in [0.1, 0.15) is 19.2 Å². The molecular weight excluding hydrogens is 204 g/mol. The summed E-state index contributed by atoms with van der Waals surface area (Å²) in [6.45, 7) is 2.13. The van der Waals surface area contributed by atoms with E-state index in [9.17, 15) is 0 Å². The second kappa shape index (κ2) is 4.43. The van der Waals surface area contributed by atoms with Crippen molar-refractivity contribution in [2.75, 3.05) is 14.2 Å². The van der Waals surface area contributed by atoms with Crippen LogP contribution in [0.25, 0.3) is 11.0 Å². The number of aromatic nitrogens is 2. The lowest BCUT2D eigenvalue weighted by molar-refractivity contribution is 0.356. The van der Waals surface area contributed by atoms with Gasteiger partial charge in [-0.1, -0.05) is 6.92 Å². The Bertz CT molecular complexity index is 450. The minimum Gasteiger partial charge on any atom is -0.493 e. The molecule has 1 N–H and O–H groups in total. The molecular formula is C12H16N2O2. The predicted octanol–water partition coefficient (Wildman–Crippen LogP) is 2.53. The van der Waals surface area contributed by atoms with Crippen LogP contribution in [0.15, 0.2) is 12.1 Å². The molecule has 0 fully saturated rings. The van der Waals surface area contributed by atoms with E-state index in [1.54, 1.807) is 14.2 Å². The Morgan fingerprint density at radius 1 is 1.19 bits per heavy atom. The highest BCUT2D eigenvalue weighted by Gasteiger charge is 2.09. The minimum atomic E-state index is 0.713. The summed E-state index contributed by atoms with van der Waals surface area (Å²) in [5.74, 6) is 2.44. The maximum absolute atomic E-state index is 5.24. The third-order valence-corrected chi connectivity index (χ3v) is 2.52. The van der Waals surface area contributed by atoms with Gasteiger partial charge in [-0.25, -0.2) is 4.98 Å². The summed E-state index contributed by atoms with van der Waals surface area (Å²) in [6.07, 6.45) is 2.04. The zero-order valence-corrected chi connectivity index (χ0v) is 9.83. The van der Waals surface area contributed by atoms with Crippen LogP contribution in [0.3, 0.4) is 0 Å². The monoisotopic (exact) mass is 220 g/mol. The quantitative estimate of drug-likeness (QED) is 0.861. The van der Waals surface area contributed by atoms with E-state index in [0.717, 1.165) is 35.4 Å². The Labute approximate surface area is 94.6 Å². The van der Waals surface area contributed by atoms with E-state index in [0.29, 0.717) is 5.75 Å². The number of aromatic amines is 1. The van der Waals surface area contributed by atoms with Crippen molar-refractivity contribution in [3.05, 3.63) is 18.0 Å². The number of H-pyrrole nitrogens is 1. The lowest BCUT2D eigenvalue weighted by atomic mass is 10.3. The van der Waals surface area contributed by atoms with Crippen LogP contribution in [0.2, 0.25) is 0 Å². The van der Waals surface area contributed by atoms with Gasteiger partial charge in [-0.3, -0.25) is 0 Å². The van der Waals surface area contributed by atoms with Crippen molar-refractivity contribution >= 4 is 11.0 Å². The minimum absolute atomic E-state index is 0.713. The normalized spacial score (nSPS) is 10.7. The van der Waals surface area contributed by atoms with E-state index in [-0.39, 0.29) is 0 Å². The first-order valence-electron chi connectivity index (χ1n) is 5.39. The molecule has 0 aliphatic heterocycles. The molecule has 4 heteroatoms. The Balaban J connectivity index is 2.51. The number of nitrogens with zero attached hydrogens (tertiary/aromatic N) is 1. The molecule has 2 rings (SSSR count). The molecule has 0 saturated heterocycles. The number of ether oxygens (including phenoxy) is 2. The molecule has 0 amide bonds. The molecule has 0 unspecified atom stereocenters. The first kappa shape index (κ1) is 10.8. The van der Waals surface area contributed by atoms with Crippen LogP contribution in [0.5, 0.6) is 11.5 Å². The highest BCUT2D eigenvalue weighted by Crippen LogP contribution is 2.31. The lowest BCUT2D eigenvalue weighted by Gasteiger charge is -2.06. The Kier molecular flexibility index (Phi) is 2.99. The largest absolute Gasteiger partial charge is 0.493 e. The molecule has 2 aromatic rings. The summed E-state index contributed by atoms with van der Waals surface area (Å²) in [5, 5.41) is 0. The summed E-state index contributed by atoms with van der Waals surface area (Å²) >= 11 is 0. The number of fused-ring (bicyclic) bond motifs is 1. The molecule has 1 aromatic heterocycles. The Morgan fingerprint density at radius 2 is 1.88 bits per heavy atom. The van der Waals surface area contributed by atoms with Crippen molar-refractivity contribution in [3.8, 4) is 11.5 Å². The molecule has 86 valence electrons. The standard InChI is InChI=1S/C12H16N2O2/c1-4-5-12-13-8-6-10(15-2)11(16-3)7-9(8)14-12/h6-7H,4-5H2,1-3H3,(H,13,14). The molecule has 0 saturated carbocycles. The van der Waals surface area contributed by atoms with Crippen LogP contribution in [0.4, 0.5) is 0 Å². The van der Waals surface area contributed by atoms with Crippen molar-refractivity contribution in [1.82, 2.24) is 9.97 Å². The number of hydrogen-bond donors (Lipinski definition) is 1. The molecule has 1 aromatic carbocycles. The fourth-order valence-corrected chi connectivity index (χ4v) is 1.74. The molecule has 0 spiro atoms. The van der Waals surface area contributed by atoms with Crippen molar-refractivity contribution in [1.29, 1.82) is 0 Å². The van der Waals surface area contributed by atoms with Gasteiger partial charge in [0.15, 0.2) is 11.5 Å². The molecule has 4 nitrogen and oxygen atoms in total. The average Bonchev–Trinajstić information content (AvgIpc) is 2.68. The van der Waals surface area contributed by atoms with E-state index < -0.39 is 0 Å².